The summed E-state index contributed by atoms with van der Waals surface area (Å²) in [7, 11) is 0. The van der Waals surface area contributed by atoms with Crippen LogP contribution in [-0.4, -0.2) is 25.0 Å². The van der Waals surface area contributed by atoms with Gasteiger partial charge in [-0.15, -0.1) is 0 Å². The van der Waals surface area contributed by atoms with Crippen molar-refractivity contribution in [2.24, 2.45) is 23.7 Å². The number of fused-ring (bicyclic) bond motifs is 1. The maximum absolute atomic E-state index is 12.3. The third kappa shape index (κ3) is 2.22. The molecule has 17 heavy (non-hydrogen) atoms. The lowest BCUT2D eigenvalue weighted by Crippen LogP contribution is -2.49. The standard InChI is InChI=1S/C14H24N2O/c1-9-8-15-7-6-12(9)16-14(17)13-10-4-2-3-5-11(10)13/h9-13,15H,2-8H2,1H3,(H,16,17). The Morgan fingerprint density at radius 3 is 2.53 bits per heavy atom. The zero-order valence-corrected chi connectivity index (χ0v) is 10.7. The number of nitrogens with one attached hydrogen (secondary N) is 2. The fraction of sp³-hybridized carbons (Fsp3) is 0.929. The quantitative estimate of drug-likeness (QED) is 0.763. The molecule has 4 atom stereocenters. The second-order valence-corrected chi connectivity index (χ2v) is 6.22. The van der Waals surface area contributed by atoms with Crippen LogP contribution in [0.4, 0.5) is 0 Å². The van der Waals surface area contributed by atoms with E-state index in [-0.39, 0.29) is 0 Å². The highest BCUT2D eigenvalue weighted by Gasteiger charge is 2.54. The van der Waals surface area contributed by atoms with Crippen molar-refractivity contribution in [3.63, 3.8) is 0 Å². The minimum Gasteiger partial charge on any atom is -0.353 e. The number of rotatable bonds is 2. The Bertz CT molecular complexity index is 293. The highest BCUT2D eigenvalue weighted by atomic mass is 16.2. The summed E-state index contributed by atoms with van der Waals surface area (Å²) < 4.78 is 0. The highest BCUT2D eigenvalue weighted by Crippen LogP contribution is 2.55. The van der Waals surface area contributed by atoms with Crippen LogP contribution in [0, 0.1) is 23.7 Å². The summed E-state index contributed by atoms with van der Waals surface area (Å²) in [5.41, 5.74) is 0. The van der Waals surface area contributed by atoms with Crippen LogP contribution in [-0.2, 0) is 4.79 Å². The van der Waals surface area contributed by atoms with E-state index in [1.807, 2.05) is 0 Å². The van der Waals surface area contributed by atoms with Crippen molar-refractivity contribution in [2.75, 3.05) is 13.1 Å². The van der Waals surface area contributed by atoms with Gasteiger partial charge in [0.25, 0.3) is 0 Å². The van der Waals surface area contributed by atoms with Gasteiger partial charge in [0.15, 0.2) is 0 Å². The molecule has 96 valence electrons. The van der Waals surface area contributed by atoms with E-state index in [1.54, 1.807) is 0 Å². The second-order valence-electron chi connectivity index (χ2n) is 6.22. The van der Waals surface area contributed by atoms with Gasteiger partial charge < -0.3 is 10.6 Å². The number of piperidine rings is 1. The fourth-order valence-electron chi connectivity index (χ4n) is 3.89. The monoisotopic (exact) mass is 236 g/mol. The Morgan fingerprint density at radius 2 is 1.88 bits per heavy atom. The molecule has 3 aliphatic rings. The number of hydrogen-bond acceptors (Lipinski definition) is 2. The molecule has 2 aliphatic carbocycles. The minimum absolute atomic E-state index is 0.362. The first-order valence-corrected chi connectivity index (χ1v) is 7.28. The van der Waals surface area contributed by atoms with E-state index >= 15 is 0 Å². The molecule has 3 rings (SSSR count). The summed E-state index contributed by atoms with van der Waals surface area (Å²) in [5.74, 6) is 2.79. The van der Waals surface area contributed by atoms with E-state index < -0.39 is 0 Å². The number of amides is 1. The lowest BCUT2D eigenvalue weighted by atomic mass is 9.95. The lowest BCUT2D eigenvalue weighted by molar-refractivity contribution is -0.124. The third-order valence-corrected chi connectivity index (χ3v) is 5.07. The summed E-state index contributed by atoms with van der Waals surface area (Å²) in [6.45, 7) is 4.33. The maximum atomic E-state index is 12.3. The van der Waals surface area contributed by atoms with Crippen molar-refractivity contribution in [1.29, 1.82) is 0 Å². The van der Waals surface area contributed by atoms with Gasteiger partial charge in [0, 0.05) is 12.0 Å². The molecule has 3 fully saturated rings. The van der Waals surface area contributed by atoms with Gasteiger partial charge >= 0.3 is 0 Å². The zero-order chi connectivity index (χ0) is 11.8. The molecule has 0 aromatic rings. The summed E-state index contributed by atoms with van der Waals surface area (Å²) >= 11 is 0. The first kappa shape index (κ1) is 11.5. The van der Waals surface area contributed by atoms with E-state index in [0.29, 0.717) is 23.8 Å². The molecule has 0 spiro atoms. The number of carbonyl (C=O) groups excluding carboxylic acids is 1. The third-order valence-electron chi connectivity index (χ3n) is 5.07. The number of hydrogen-bond donors (Lipinski definition) is 2. The SMILES string of the molecule is CC1CNCCC1NC(=O)C1C2CCCCC21. The van der Waals surface area contributed by atoms with Gasteiger partial charge in [-0.3, -0.25) is 4.79 Å². The minimum atomic E-state index is 0.362. The predicted molar refractivity (Wildman–Crippen MR) is 67.5 cm³/mol. The molecule has 0 radical (unpaired) electrons. The van der Waals surface area contributed by atoms with Crippen LogP contribution in [0.5, 0.6) is 0 Å². The topological polar surface area (TPSA) is 41.1 Å². The van der Waals surface area contributed by atoms with Gasteiger partial charge in [-0.2, -0.15) is 0 Å². The molecule has 2 N–H and O–H groups in total. The maximum Gasteiger partial charge on any atom is 0.223 e. The molecule has 3 nitrogen and oxygen atoms in total. The van der Waals surface area contributed by atoms with Crippen molar-refractivity contribution >= 4 is 5.91 Å². The van der Waals surface area contributed by atoms with Crippen molar-refractivity contribution in [3.05, 3.63) is 0 Å². The zero-order valence-electron chi connectivity index (χ0n) is 10.7. The Morgan fingerprint density at radius 1 is 1.18 bits per heavy atom. The van der Waals surface area contributed by atoms with Gasteiger partial charge in [0.2, 0.25) is 5.91 Å². The van der Waals surface area contributed by atoms with Crippen molar-refractivity contribution in [1.82, 2.24) is 10.6 Å². The summed E-state index contributed by atoms with van der Waals surface area (Å²) in [6.07, 6.45) is 6.37. The van der Waals surface area contributed by atoms with Crippen LogP contribution in [0.3, 0.4) is 0 Å². The van der Waals surface area contributed by atoms with Crippen LogP contribution in [0.25, 0.3) is 0 Å². The van der Waals surface area contributed by atoms with E-state index in [4.69, 9.17) is 0 Å². The van der Waals surface area contributed by atoms with Crippen LogP contribution in [0.1, 0.15) is 39.0 Å². The largest absolute Gasteiger partial charge is 0.353 e. The molecular weight excluding hydrogens is 212 g/mol. The lowest BCUT2D eigenvalue weighted by Gasteiger charge is -2.30. The average Bonchev–Trinajstić information content (AvgIpc) is 3.06. The summed E-state index contributed by atoms with van der Waals surface area (Å²) in [4.78, 5) is 12.3. The molecule has 1 aliphatic heterocycles. The van der Waals surface area contributed by atoms with Crippen molar-refractivity contribution in [3.8, 4) is 0 Å². The Kier molecular flexibility index (Phi) is 3.12. The molecule has 0 bridgehead atoms. The fourth-order valence-corrected chi connectivity index (χ4v) is 3.89. The van der Waals surface area contributed by atoms with E-state index in [0.717, 1.165) is 31.3 Å². The van der Waals surface area contributed by atoms with E-state index in [9.17, 15) is 4.79 Å². The molecule has 3 heteroatoms. The summed E-state index contributed by atoms with van der Waals surface area (Å²) in [6, 6.07) is 0.409. The first-order valence-electron chi connectivity index (χ1n) is 7.28. The Balaban J connectivity index is 1.53. The van der Waals surface area contributed by atoms with E-state index in [2.05, 4.69) is 17.6 Å². The molecule has 0 aromatic heterocycles. The summed E-state index contributed by atoms with van der Waals surface area (Å²) in [5, 5.41) is 6.69. The van der Waals surface area contributed by atoms with Crippen LogP contribution in [0.15, 0.2) is 0 Å². The predicted octanol–water partition coefficient (Wildman–Crippen LogP) is 1.54. The molecule has 0 aromatic carbocycles. The molecule has 2 saturated carbocycles. The Hall–Kier alpha value is -0.570. The van der Waals surface area contributed by atoms with Crippen molar-refractivity contribution < 1.29 is 4.79 Å². The van der Waals surface area contributed by atoms with Crippen molar-refractivity contribution in [2.45, 2.75) is 45.1 Å². The Labute approximate surface area is 104 Å². The van der Waals surface area contributed by atoms with Gasteiger partial charge in [-0.25, -0.2) is 0 Å². The van der Waals surface area contributed by atoms with Gasteiger partial charge in [-0.05, 0) is 50.1 Å². The molecule has 4 unspecified atom stereocenters. The molecule has 1 saturated heterocycles. The average molecular weight is 236 g/mol. The van der Waals surface area contributed by atoms with Crippen LogP contribution in [0.2, 0.25) is 0 Å². The first-order chi connectivity index (χ1) is 8.27. The molecule has 1 heterocycles. The molecular formula is C14H24N2O. The second kappa shape index (κ2) is 4.60. The van der Waals surface area contributed by atoms with E-state index in [1.165, 1.54) is 25.7 Å². The smallest absolute Gasteiger partial charge is 0.223 e. The van der Waals surface area contributed by atoms with Crippen LogP contribution < -0.4 is 10.6 Å². The molecule has 1 amide bonds. The highest BCUT2D eigenvalue weighted by molar-refractivity contribution is 5.82. The normalized spacial score (nSPS) is 44.9. The van der Waals surface area contributed by atoms with Gasteiger partial charge in [0.05, 0.1) is 0 Å². The number of carbonyl (C=O) groups is 1. The van der Waals surface area contributed by atoms with Gasteiger partial charge in [-0.1, -0.05) is 19.8 Å². The van der Waals surface area contributed by atoms with Crippen LogP contribution >= 0.6 is 0 Å². The van der Waals surface area contributed by atoms with Gasteiger partial charge in [0.1, 0.15) is 0 Å².